The molecule has 14 heavy (non-hydrogen) atoms. The number of H-pyrrole nitrogens is 1. The van der Waals surface area contributed by atoms with Crippen LogP contribution in [0.1, 0.15) is 5.56 Å². The Morgan fingerprint density at radius 1 is 1.36 bits per heavy atom. The molecular formula is C10H8N2O2. The average Bonchev–Trinajstić information content (AvgIpc) is 2.70. The van der Waals surface area contributed by atoms with E-state index in [4.69, 9.17) is 4.52 Å². The third kappa shape index (κ3) is 0.706. The summed E-state index contributed by atoms with van der Waals surface area (Å²) in [6.07, 6.45) is 0. The first-order valence-corrected chi connectivity index (χ1v) is 4.36. The molecule has 0 bridgehead atoms. The predicted octanol–water partition coefficient (Wildman–Crippen LogP) is 1.68. The first-order chi connectivity index (χ1) is 6.79. The van der Waals surface area contributed by atoms with E-state index in [1.54, 1.807) is 4.40 Å². The Bertz CT molecular complexity index is 672. The van der Waals surface area contributed by atoms with Crippen molar-refractivity contribution in [1.82, 2.24) is 9.56 Å². The van der Waals surface area contributed by atoms with Gasteiger partial charge in [-0.25, -0.2) is 9.20 Å². The fraction of sp³-hybridized carbons (Fsp3) is 0.100. The second-order valence-corrected chi connectivity index (χ2v) is 3.30. The lowest BCUT2D eigenvalue weighted by Gasteiger charge is -1.88. The van der Waals surface area contributed by atoms with Crippen molar-refractivity contribution in [3.8, 4) is 0 Å². The molecule has 0 aliphatic rings. The summed E-state index contributed by atoms with van der Waals surface area (Å²) in [5, 5.41) is 3.70. The van der Waals surface area contributed by atoms with Gasteiger partial charge in [0.1, 0.15) is 0 Å². The summed E-state index contributed by atoms with van der Waals surface area (Å²) in [7, 11) is 0. The number of nitrogens with zero attached hydrogens (tertiary/aromatic N) is 1. The maximum absolute atomic E-state index is 11.4. The van der Waals surface area contributed by atoms with Crippen molar-refractivity contribution < 1.29 is 4.52 Å². The Morgan fingerprint density at radius 3 is 3.00 bits per heavy atom. The zero-order valence-corrected chi connectivity index (χ0v) is 7.57. The van der Waals surface area contributed by atoms with Crippen LogP contribution in [0.4, 0.5) is 0 Å². The van der Waals surface area contributed by atoms with Gasteiger partial charge < -0.3 is 4.52 Å². The minimum absolute atomic E-state index is 0.371. The van der Waals surface area contributed by atoms with Crippen LogP contribution in [-0.4, -0.2) is 9.56 Å². The van der Waals surface area contributed by atoms with Crippen LogP contribution in [0.5, 0.6) is 0 Å². The summed E-state index contributed by atoms with van der Waals surface area (Å²) in [5.41, 5.74) is 2.65. The van der Waals surface area contributed by atoms with Crippen molar-refractivity contribution in [1.29, 1.82) is 0 Å². The van der Waals surface area contributed by atoms with Gasteiger partial charge in [-0.05, 0) is 13.0 Å². The highest BCUT2D eigenvalue weighted by atomic mass is 16.5. The van der Waals surface area contributed by atoms with Crippen LogP contribution in [0.25, 0.3) is 16.6 Å². The van der Waals surface area contributed by atoms with Crippen molar-refractivity contribution in [3.05, 3.63) is 40.4 Å². The van der Waals surface area contributed by atoms with E-state index < -0.39 is 0 Å². The number of benzene rings is 1. The standard InChI is InChI=1S/C10H8N2O2/c1-6-7-4-2-3-5-8(7)12-9(6)11-14-10(12)13/h2-5,11H,1H3. The van der Waals surface area contributed by atoms with Crippen LogP contribution >= 0.6 is 0 Å². The lowest BCUT2D eigenvalue weighted by Crippen LogP contribution is -2.03. The highest BCUT2D eigenvalue weighted by Crippen LogP contribution is 2.22. The molecule has 2 aromatic heterocycles. The molecule has 4 nitrogen and oxygen atoms in total. The zero-order valence-electron chi connectivity index (χ0n) is 7.57. The third-order valence-electron chi connectivity index (χ3n) is 2.55. The van der Waals surface area contributed by atoms with Crippen LogP contribution < -0.4 is 5.76 Å². The van der Waals surface area contributed by atoms with Gasteiger partial charge in [0, 0.05) is 10.9 Å². The van der Waals surface area contributed by atoms with Crippen molar-refractivity contribution in [2.45, 2.75) is 6.92 Å². The molecule has 0 aliphatic carbocycles. The maximum atomic E-state index is 11.4. The number of fused-ring (bicyclic) bond motifs is 3. The van der Waals surface area contributed by atoms with Gasteiger partial charge in [-0.15, -0.1) is 0 Å². The number of hydrogen-bond acceptors (Lipinski definition) is 2. The van der Waals surface area contributed by atoms with Crippen LogP contribution in [0, 0.1) is 6.92 Å². The van der Waals surface area contributed by atoms with E-state index >= 15 is 0 Å². The van der Waals surface area contributed by atoms with E-state index in [1.807, 2.05) is 31.2 Å². The molecule has 2 heterocycles. The summed E-state index contributed by atoms with van der Waals surface area (Å²) in [5.74, 6) is -0.371. The van der Waals surface area contributed by atoms with E-state index in [-0.39, 0.29) is 5.76 Å². The number of aromatic nitrogens is 2. The Balaban J connectivity index is 2.78. The molecule has 3 rings (SSSR count). The van der Waals surface area contributed by atoms with Gasteiger partial charge in [-0.3, -0.25) is 0 Å². The summed E-state index contributed by atoms with van der Waals surface area (Å²) < 4.78 is 6.27. The van der Waals surface area contributed by atoms with Crippen LogP contribution in [0.2, 0.25) is 0 Å². The van der Waals surface area contributed by atoms with Gasteiger partial charge in [0.05, 0.1) is 5.52 Å². The number of aryl methyl sites for hydroxylation is 1. The number of nitrogens with one attached hydrogen (secondary N) is 1. The largest absolute Gasteiger partial charge is 0.444 e. The molecule has 0 amide bonds. The minimum Gasteiger partial charge on any atom is -0.322 e. The predicted molar refractivity (Wildman–Crippen MR) is 52.5 cm³/mol. The van der Waals surface area contributed by atoms with E-state index in [0.29, 0.717) is 0 Å². The normalized spacial score (nSPS) is 11.5. The summed E-state index contributed by atoms with van der Waals surface area (Å²) in [6, 6.07) is 7.75. The van der Waals surface area contributed by atoms with Crippen LogP contribution in [0.3, 0.4) is 0 Å². The quantitative estimate of drug-likeness (QED) is 0.583. The first kappa shape index (κ1) is 7.44. The summed E-state index contributed by atoms with van der Waals surface area (Å²) >= 11 is 0. The van der Waals surface area contributed by atoms with Crippen LogP contribution in [0.15, 0.2) is 33.6 Å². The molecule has 0 atom stereocenters. The van der Waals surface area contributed by atoms with Gasteiger partial charge in [-0.1, -0.05) is 18.2 Å². The molecule has 70 valence electrons. The Labute approximate surface area is 78.7 Å². The Hall–Kier alpha value is -1.97. The fourth-order valence-electron chi connectivity index (χ4n) is 1.85. The first-order valence-electron chi connectivity index (χ1n) is 4.36. The van der Waals surface area contributed by atoms with E-state index in [1.165, 1.54) is 0 Å². The molecule has 0 fully saturated rings. The third-order valence-corrected chi connectivity index (χ3v) is 2.55. The molecule has 0 unspecified atom stereocenters. The van der Waals surface area contributed by atoms with Crippen molar-refractivity contribution in [2.75, 3.05) is 0 Å². The smallest absolute Gasteiger partial charge is 0.322 e. The van der Waals surface area contributed by atoms with E-state index in [9.17, 15) is 4.79 Å². The second kappa shape index (κ2) is 2.29. The molecule has 1 N–H and O–H groups in total. The van der Waals surface area contributed by atoms with Gasteiger partial charge in [0.2, 0.25) is 0 Å². The number of hydrogen-bond donors (Lipinski definition) is 1. The molecular weight excluding hydrogens is 180 g/mol. The van der Waals surface area contributed by atoms with Crippen molar-refractivity contribution in [2.24, 2.45) is 0 Å². The minimum atomic E-state index is -0.371. The summed E-state index contributed by atoms with van der Waals surface area (Å²) in [4.78, 5) is 11.4. The zero-order chi connectivity index (χ0) is 9.71. The SMILES string of the molecule is Cc1c2ccccc2n2c(=O)o[nH]c12. The average molecular weight is 188 g/mol. The molecule has 4 heteroatoms. The highest BCUT2D eigenvalue weighted by molar-refractivity contribution is 5.90. The number of para-hydroxylation sites is 1. The van der Waals surface area contributed by atoms with Gasteiger partial charge in [0.25, 0.3) is 0 Å². The lowest BCUT2D eigenvalue weighted by atomic mass is 10.2. The molecule has 0 aliphatic heterocycles. The molecule has 0 radical (unpaired) electrons. The van der Waals surface area contributed by atoms with Gasteiger partial charge >= 0.3 is 5.76 Å². The van der Waals surface area contributed by atoms with Crippen LogP contribution in [-0.2, 0) is 0 Å². The Morgan fingerprint density at radius 2 is 2.14 bits per heavy atom. The number of rotatable bonds is 0. The molecule has 3 aromatic rings. The molecule has 1 aromatic carbocycles. The van der Waals surface area contributed by atoms with Gasteiger partial charge in [0.15, 0.2) is 5.65 Å². The fourth-order valence-corrected chi connectivity index (χ4v) is 1.85. The topological polar surface area (TPSA) is 50.4 Å². The highest BCUT2D eigenvalue weighted by Gasteiger charge is 2.11. The van der Waals surface area contributed by atoms with E-state index in [2.05, 4.69) is 5.16 Å². The van der Waals surface area contributed by atoms with Gasteiger partial charge in [-0.2, -0.15) is 5.16 Å². The second-order valence-electron chi connectivity index (χ2n) is 3.30. The monoisotopic (exact) mass is 188 g/mol. The molecule has 0 spiro atoms. The Kier molecular flexibility index (Phi) is 1.21. The number of aromatic amines is 1. The lowest BCUT2D eigenvalue weighted by molar-refractivity contribution is 0.388. The van der Waals surface area contributed by atoms with Crippen molar-refractivity contribution >= 4 is 16.6 Å². The molecule has 0 saturated carbocycles. The van der Waals surface area contributed by atoms with E-state index in [0.717, 1.165) is 22.1 Å². The summed E-state index contributed by atoms with van der Waals surface area (Å²) in [6.45, 7) is 1.96. The van der Waals surface area contributed by atoms with Crippen molar-refractivity contribution in [3.63, 3.8) is 0 Å². The maximum Gasteiger partial charge on any atom is 0.444 e. The molecule has 0 saturated heterocycles.